The molecule has 0 spiro atoms. The number of pyridine rings is 1. The van der Waals surface area contributed by atoms with Gasteiger partial charge in [0, 0.05) is 4.90 Å². The fourth-order valence-electron chi connectivity index (χ4n) is 1.91. The van der Waals surface area contributed by atoms with Crippen LogP contribution >= 0.6 is 23.4 Å². The third-order valence-electron chi connectivity index (χ3n) is 2.92. The lowest BCUT2D eigenvalue weighted by Gasteiger charge is -2.11. The van der Waals surface area contributed by atoms with Crippen LogP contribution in [0.3, 0.4) is 0 Å². The molecule has 0 saturated carbocycles. The maximum Gasteiger partial charge on any atom is 0.416 e. The van der Waals surface area contributed by atoms with Crippen molar-refractivity contribution in [3.8, 4) is 0 Å². The molecule has 3 nitrogen and oxygen atoms in total. The smallest absolute Gasteiger partial charge is 0.416 e. The Morgan fingerprint density at radius 2 is 2.04 bits per heavy atom. The number of thioether (sulfide) groups is 1. The molecular formula is C16H14ClF3N2OS. The summed E-state index contributed by atoms with van der Waals surface area (Å²) in [6, 6.07) is 8.12. The molecule has 1 aromatic carbocycles. The van der Waals surface area contributed by atoms with Crippen LogP contribution in [0.2, 0.25) is 5.15 Å². The molecule has 2 rings (SSSR count). The summed E-state index contributed by atoms with van der Waals surface area (Å²) in [6.45, 7) is 1.97. The van der Waals surface area contributed by atoms with Crippen LogP contribution in [0.1, 0.15) is 18.2 Å². The van der Waals surface area contributed by atoms with E-state index in [1.54, 1.807) is 12.1 Å². The number of halogens is 4. The lowest BCUT2D eigenvalue weighted by Crippen LogP contribution is -2.08. The highest BCUT2D eigenvalue weighted by molar-refractivity contribution is 7.99. The summed E-state index contributed by atoms with van der Waals surface area (Å²) in [5.74, 6) is 0.893. The molecule has 0 atom stereocenters. The van der Waals surface area contributed by atoms with Gasteiger partial charge in [-0.25, -0.2) is 9.98 Å². The third kappa shape index (κ3) is 4.64. The molecule has 0 aliphatic carbocycles. The Kier molecular flexibility index (Phi) is 6.12. The zero-order valence-corrected chi connectivity index (χ0v) is 14.5. The predicted octanol–water partition coefficient (Wildman–Crippen LogP) is 5.59. The number of alkyl halides is 3. The Bertz CT molecular complexity index is 750. The number of ether oxygens (including phenoxy) is 1. The van der Waals surface area contributed by atoms with Gasteiger partial charge < -0.3 is 4.74 Å². The van der Waals surface area contributed by atoms with Crippen molar-refractivity contribution >= 4 is 34.9 Å². The Morgan fingerprint density at radius 3 is 2.67 bits per heavy atom. The monoisotopic (exact) mass is 374 g/mol. The van der Waals surface area contributed by atoms with Gasteiger partial charge in [-0.1, -0.05) is 24.6 Å². The largest absolute Gasteiger partial charge is 0.479 e. The number of benzene rings is 1. The second kappa shape index (κ2) is 7.90. The summed E-state index contributed by atoms with van der Waals surface area (Å²) >= 11 is 7.44. The summed E-state index contributed by atoms with van der Waals surface area (Å²) in [4.78, 5) is 9.15. The fourth-order valence-corrected chi connectivity index (χ4v) is 2.80. The van der Waals surface area contributed by atoms with Crippen molar-refractivity contribution < 1.29 is 17.9 Å². The molecule has 0 aliphatic rings. The molecule has 1 aromatic heterocycles. The minimum atomic E-state index is -4.43. The van der Waals surface area contributed by atoms with E-state index < -0.39 is 11.7 Å². The standard InChI is InChI=1S/C16H14ClF3N2OS/c1-3-24-12-7-8-13(17)22-14(12)15(23-2)21-11-6-4-5-10(9-11)16(18,19)20/h4-9H,3H2,1-2H3/b21-15-. The number of aliphatic imine (C=N–C) groups is 1. The van der Waals surface area contributed by atoms with Gasteiger partial charge in [0.2, 0.25) is 5.90 Å². The van der Waals surface area contributed by atoms with Crippen molar-refractivity contribution in [1.29, 1.82) is 0 Å². The Balaban J connectivity index is 2.49. The van der Waals surface area contributed by atoms with Gasteiger partial charge in [-0.2, -0.15) is 13.2 Å². The van der Waals surface area contributed by atoms with E-state index in [0.717, 1.165) is 22.8 Å². The van der Waals surface area contributed by atoms with E-state index in [9.17, 15) is 13.2 Å². The van der Waals surface area contributed by atoms with Gasteiger partial charge in [0.1, 0.15) is 10.8 Å². The van der Waals surface area contributed by atoms with Gasteiger partial charge in [0.15, 0.2) is 0 Å². The maximum atomic E-state index is 12.8. The van der Waals surface area contributed by atoms with Crippen molar-refractivity contribution in [2.45, 2.75) is 18.0 Å². The van der Waals surface area contributed by atoms with Crippen LogP contribution < -0.4 is 0 Å². The first-order valence-corrected chi connectivity index (χ1v) is 8.31. The Hall–Kier alpha value is -1.73. The zero-order chi connectivity index (χ0) is 17.7. The highest BCUT2D eigenvalue weighted by atomic mass is 35.5. The molecule has 2 aromatic rings. The SMILES string of the molecule is CCSc1ccc(Cl)nc1/C(=N/c1cccc(C(F)(F)F)c1)OC. The molecule has 0 saturated heterocycles. The third-order valence-corrected chi connectivity index (χ3v) is 4.06. The van der Waals surface area contributed by atoms with Gasteiger partial charge in [-0.3, -0.25) is 0 Å². The lowest BCUT2D eigenvalue weighted by molar-refractivity contribution is -0.137. The average Bonchev–Trinajstić information content (AvgIpc) is 2.54. The molecule has 0 aliphatic heterocycles. The minimum absolute atomic E-state index is 0.104. The fraction of sp³-hybridized carbons (Fsp3) is 0.250. The van der Waals surface area contributed by atoms with Crippen LogP contribution in [0, 0.1) is 0 Å². The van der Waals surface area contributed by atoms with E-state index in [1.807, 2.05) is 6.92 Å². The molecule has 8 heteroatoms. The second-order valence-electron chi connectivity index (χ2n) is 4.58. The number of hydrogen-bond acceptors (Lipinski definition) is 4. The molecule has 0 N–H and O–H groups in total. The Morgan fingerprint density at radius 1 is 1.29 bits per heavy atom. The predicted molar refractivity (Wildman–Crippen MR) is 90.3 cm³/mol. The average molecular weight is 375 g/mol. The Labute approximate surface area is 146 Å². The van der Waals surface area contributed by atoms with E-state index in [-0.39, 0.29) is 16.7 Å². The molecule has 128 valence electrons. The van der Waals surface area contributed by atoms with E-state index >= 15 is 0 Å². The number of rotatable bonds is 4. The van der Waals surface area contributed by atoms with Gasteiger partial charge in [-0.05, 0) is 36.1 Å². The maximum absolute atomic E-state index is 12.8. The van der Waals surface area contributed by atoms with Gasteiger partial charge in [-0.15, -0.1) is 11.8 Å². The van der Waals surface area contributed by atoms with Crippen LogP contribution in [0.25, 0.3) is 0 Å². The molecule has 0 unspecified atom stereocenters. The zero-order valence-electron chi connectivity index (χ0n) is 12.9. The van der Waals surface area contributed by atoms with Crippen LogP contribution in [-0.4, -0.2) is 23.7 Å². The first kappa shape index (κ1) is 18.6. The van der Waals surface area contributed by atoms with E-state index in [4.69, 9.17) is 16.3 Å². The van der Waals surface area contributed by atoms with Crippen molar-refractivity contribution in [2.75, 3.05) is 12.9 Å². The quantitative estimate of drug-likeness (QED) is 0.303. The molecule has 1 heterocycles. The lowest BCUT2D eigenvalue weighted by atomic mass is 10.2. The first-order valence-electron chi connectivity index (χ1n) is 6.94. The highest BCUT2D eigenvalue weighted by Gasteiger charge is 2.30. The van der Waals surface area contributed by atoms with E-state index in [0.29, 0.717) is 5.69 Å². The van der Waals surface area contributed by atoms with Crippen LogP contribution in [0.15, 0.2) is 46.3 Å². The minimum Gasteiger partial charge on any atom is -0.479 e. The first-order chi connectivity index (χ1) is 11.3. The normalized spacial score (nSPS) is 12.3. The molecule has 0 fully saturated rings. The topological polar surface area (TPSA) is 34.5 Å². The molecule has 0 amide bonds. The van der Waals surface area contributed by atoms with E-state index in [2.05, 4.69) is 9.98 Å². The van der Waals surface area contributed by atoms with Crippen molar-refractivity contribution in [3.63, 3.8) is 0 Å². The molecular weight excluding hydrogens is 361 g/mol. The summed E-state index contributed by atoms with van der Waals surface area (Å²) in [5, 5.41) is 0.249. The summed E-state index contributed by atoms with van der Waals surface area (Å²) in [6.07, 6.45) is -4.43. The summed E-state index contributed by atoms with van der Waals surface area (Å²) < 4.78 is 43.7. The van der Waals surface area contributed by atoms with Crippen LogP contribution in [0.5, 0.6) is 0 Å². The van der Waals surface area contributed by atoms with E-state index in [1.165, 1.54) is 31.0 Å². The van der Waals surface area contributed by atoms with Crippen molar-refractivity contribution in [2.24, 2.45) is 4.99 Å². The summed E-state index contributed by atoms with van der Waals surface area (Å²) in [7, 11) is 1.38. The second-order valence-corrected chi connectivity index (χ2v) is 6.28. The van der Waals surface area contributed by atoms with Crippen molar-refractivity contribution in [1.82, 2.24) is 4.98 Å². The number of aromatic nitrogens is 1. The number of nitrogens with zero attached hydrogens (tertiary/aromatic N) is 2. The van der Waals surface area contributed by atoms with Crippen LogP contribution in [0.4, 0.5) is 18.9 Å². The highest BCUT2D eigenvalue weighted by Crippen LogP contribution is 2.32. The molecule has 24 heavy (non-hydrogen) atoms. The van der Waals surface area contributed by atoms with Gasteiger partial charge in [0.05, 0.1) is 18.4 Å². The molecule has 0 radical (unpaired) electrons. The molecule has 0 bridgehead atoms. The summed E-state index contributed by atoms with van der Waals surface area (Å²) in [5.41, 5.74) is -0.258. The van der Waals surface area contributed by atoms with Gasteiger partial charge in [0.25, 0.3) is 0 Å². The van der Waals surface area contributed by atoms with Crippen molar-refractivity contribution in [3.05, 3.63) is 52.8 Å². The van der Waals surface area contributed by atoms with Gasteiger partial charge >= 0.3 is 6.18 Å². The van der Waals surface area contributed by atoms with Crippen LogP contribution in [-0.2, 0) is 10.9 Å². The number of methoxy groups -OCH3 is 1. The number of hydrogen-bond donors (Lipinski definition) is 0.